The lowest BCUT2D eigenvalue weighted by molar-refractivity contribution is -0.120. The Morgan fingerprint density at radius 3 is 2.62 bits per heavy atom. The topological polar surface area (TPSA) is 66.5 Å². The fraction of sp³-hybridized carbons (Fsp3) is 0.786. The molecule has 0 aromatic heterocycles. The number of nitrogens with zero attached hydrogens (tertiary/aromatic N) is 1. The largest absolute Gasteiger partial charge is 0.345 e. The molecule has 0 aromatic carbocycles. The average molecular weight is 405 g/mol. The first-order chi connectivity index (χ1) is 9.86. The fourth-order valence-corrected chi connectivity index (χ4v) is 3.04. The number of hydrogen-bond acceptors (Lipinski definition) is 5. The van der Waals surface area contributed by atoms with E-state index in [9.17, 15) is 14.4 Å². The van der Waals surface area contributed by atoms with Crippen LogP contribution in [0, 0.1) is 5.92 Å². The molecule has 117 valence electrons. The molecule has 7 heteroatoms. The van der Waals surface area contributed by atoms with Crippen molar-refractivity contribution in [3.8, 4) is 0 Å². The molecule has 0 amide bonds. The van der Waals surface area contributed by atoms with Gasteiger partial charge in [-0.15, -0.1) is 0 Å². The van der Waals surface area contributed by atoms with Gasteiger partial charge in [-0.2, -0.15) is 0 Å². The van der Waals surface area contributed by atoms with E-state index in [0.717, 1.165) is 19.4 Å². The molecule has 1 aliphatic rings. The zero-order chi connectivity index (χ0) is 16.0. The summed E-state index contributed by atoms with van der Waals surface area (Å²) in [4.78, 5) is 37.1. The van der Waals surface area contributed by atoms with Crippen LogP contribution in [-0.4, -0.2) is 52.7 Å². The Bertz CT molecular complexity index is 406. The van der Waals surface area contributed by atoms with Gasteiger partial charge in [0.2, 0.25) is 0 Å². The SMILES string of the molecule is CCC(C(=O)[B]NC(C)C(C)=O)N1CCCC(C(=O)I)C1. The third kappa shape index (κ3) is 5.79. The number of halogens is 1. The minimum Gasteiger partial charge on any atom is -0.345 e. The number of nitrogens with one attached hydrogen (secondary N) is 1. The molecule has 1 aliphatic heterocycles. The van der Waals surface area contributed by atoms with E-state index < -0.39 is 0 Å². The number of carbonyl (C=O) groups is 3. The Labute approximate surface area is 141 Å². The summed E-state index contributed by atoms with van der Waals surface area (Å²) in [6, 6.07) is -0.563. The molecule has 3 atom stereocenters. The molecular formula is C14H23BIN2O3. The van der Waals surface area contributed by atoms with E-state index in [1.54, 1.807) is 6.92 Å². The molecule has 5 nitrogen and oxygen atoms in total. The maximum atomic E-state index is 12.3. The average Bonchev–Trinajstić information content (AvgIpc) is 2.45. The Morgan fingerprint density at radius 1 is 1.43 bits per heavy atom. The van der Waals surface area contributed by atoms with E-state index in [1.165, 1.54) is 14.3 Å². The van der Waals surface area contributed by atoms with Gasteiger partial charge in [0.15, 0.2) is 3.79 Å². The smallest absolute Gasteiger partial charge is 0.297 e. The number of ketones is 1. The molecule has 1 rings (SSSR count). The van der Waals surface area contributed by atoms with Crippen LogP contribution in [0.15, 0.2) is 0 Å². The minimum absolute atomic E-state index is 0.000596. The van der Waals surface area contributed by atoms with E-state index >= 15 is 0 Å². The van der Waals surface area contributed by atoms with Gasteiger partial charge < -0.3 is 10.0 Å². The zero-order valence-corrected chi connectivity index (χ0v) is 15.1. The van der Waals surface area contributed by atoms with Gasteiger partial charge in [-0.25, -0.2) is 0 Å². The van der Waals surface area contributed by atoms with Crippen molar-refractivity contribution in [2.45, 2.75) is 52.1 Å². The first-order valence-corrected chi connectivity index (χ1v) is 8.51. The van der Waals surface area contributed by atoms with Crippen LogP contribution in [0.5, 0.6) is 0 Å². The lowest BCUT2D eigenvalue weighted by Crippen LogP contribution is -2.51. The first-order valence-electron chi connectivity index (χ1n) is 7.43. The summed E-state index contributed by atoms with van der Waals surface area (Å²) in [7, 11) is 1.41. The van der Waals surface area contributed by atoms with Crippen molar-refractivity contribution in [1.82, 2.24) is 10.1 Å². The molecule has 0 spiro atoms. The van der Waals surface area contributed by atoms with Gasteiger partial charge in [-0.05, 0) is 62.2 Å². The van der Waals surface area contributed by atoms with Crippen LogP contribution in [0.4, 0.5) is 0 Å². The predicted molar refractivity (Wildman–Crippen MR) is 91.4 cm³/mol. The molecule has 0 aromatic rings. The summed E-state index contributed by atoms with van der Waals surface area (Å²) in [5, 5.41) is 2.85. The zero-order valence-electron chi connectivity index (χ0n) is 12.9. The maximum absolute atomic E-state index is 12.3. The highest BCUT2D eigenvalue weighted by molar-refractivity contribution is 14.1. The molecule has 3 unspecified atom stereocenters. The highest BCUT2D eigenvalue weighted by Gasteiger charge is 2.31. The summed E-state index contributed by atoms with van der Waals surface area (Å²) < 4.78 is 0.173. The Hall–Kier alpha value is -0.275. The van der Waals surface area contributed by atoms with Crippen LogP contribution in [0.2, 0.25) is 0 Å². The molecular weight excluding hydrogens is 382 g/mol. The summed E-state index contributed by atoms with van der Waals surface area (Å²) in [6.45, 7) is 6.70. The van der Waals surface area contributed by atoms with Crippen molar-refractivity contribution in [2.75, 3.05) is 13.1 Å². The number of rotatable bonds is 8. The Kier molecular flexibility index (Phi) is 8.04. The van der Waals surface area contributed by atoms with E-state index in [-0.39, 0.29) is 33.3 Å². The quantitative estimate of drug-likeness (QED) is 0.373. The highest BCUT2D eigenvalue weighted by Crippen LogP contribution is 2.22. The lowest BCUT2D eigenvalue weighted by Gasteiger charge is -2.36. The molecule has 0 aliphatic carbocycles. The second kappa shape index (κ2) is 9.00. The van der Waals surface area contributed by atoms with Gasteiger partial charge >= 0.3 is 0 Å². The predicted octanol–water partition coefficient (Wildman–Crippen LogP) is 1.15. The van der Waals surface area contributed by atoms with Crippen molar-refractivity contribution < 1.29 is 14.4 Å². The maximum Gasteiger partial charge on any atom is 0.297 e. The standard InChI is InChI=1S/C14H23BIN2O3/c1-4-12(13(20)15-17-9(2)10(3)19)18-7-5-6-11(8-18)14(16)21/h9,11-12,17H,4-8H2,1-3H3. The van der Waals surface area contributed by atoms with Crippen LogP contribution < -0.4 is 5.23 Å². The van der Waals surface area contributed by atoms with Crippen molar-refractivity contribution >= 4 is 45.3 Å². The molecule has 21 heavy (non-hydrogen) atoms. The Morgan fingerprint density at radius 2 is 2.10 bits per heavy atom. The third-order valence-electron chi connectivity index (χ3n) is 4.02. The molecule has 0 bridgehead atoms. The molecule has 1 N–H and O–H groups in total. The summed E-state index contributed by atoms with van der Waals surface area (Å²) in [5.41, 5.74) is -0.0212. The monoisotopic (exact) mass is 405 g/mol. The van der Waals surface area contributed by atoms with Gasteiger partial charge in [0, 0.05) is 12.5 Å². The highest BCUT2D eigenvalue weighted by atomic mass is 127. The van der Waals surface area contributed by atoms with Crippen LogP contribution in [-0.2, 0) is 14.4 Å². The van der Waals surface area contributed by atoms with E-state index in [1.807, 2.05) is 29.5 Å². The normalized spacial score (nSPS) is 22.4. The van der Waals surface area contributed by atoms with E-state index in [4.69, 9.17) is 0 Å². The van der Waals surface area contributed by atoms with Gasteiger partial charge in [-0.1, -0.05) is 6.92 Å². The van der Waals surface area contributed by atoms with Gasteiger partial charge in [0.25, 0.3) is 7.41 Å². The van der Waals surface area contributed by atoms with Crippen LogP contribution >= 0.6 is 22.6 Å². The van der Waals surface area contributed by atoms with Crippen LogP contribution in [0.25, 0.3) is 0 Å². The molecule has 1 radical (unpaired) electrons. The summed E-state index contributed by atoms with van der Waals surface area (Å²) >= 11 is 1.85. The van der Waals surface area contributed by atoms with Crippen molar-refractivity contribution in [3.05, 3.63) is 0 Å². The molecule has 1 heterocycles. The Balaban J connectivity index is 2.58. The first kappa shape index (κ1) is 18.8. The molecule has 1 saturated heterocycles. The lowest BCUT2D eigenvalue weighted by atomic mass is 9.79. The van der Waals surface area contributed by atoms with Crippen molar-refractivity contribution in [2.24, 2.45) is 5.92 Å². The number of carbonyl (C=O) groups excluding carboxylic acids is 3. The van der Waals surface area contributed by atoms with Gasteiger partial charge in [-0.3, -0.25) is 14.5 Å². The fourth-order valence-electron chi connectivity index (χ4n) is 2.53. The van der Waals surface area contributed by atoms with Crippen LogP contribution in [0.1, 0.15) is 40.0 Å². The van der Waals surface area contributed by atoms with Crippen LogP contribution in [0.3, 0.4) is 0 Å². The second-order valence-electron chi connectivity index (χ2n) is 5.61. The second-order valence-corrected chi connectivity index (χ2v) is 6.67. The van der Waals surface area contributed by atoms with Gasteiger partial charge in [0.1, 0.15) is 11.5 Å². The van der Waals surface area contributed by atoms with Crippen molar-refractivity contribution in [1.29, 1.82) is 0 Å². The number of Topliss-reactive ketones (excluding diaryl/α,β-unsaturated/α-hetero) is 1. The number of likely N-dealkylation sites (tertiary alicyclic amines) is 1. The summed E-state index contributed by atoms with van der Waals surface area (Å²) in [5.74, 6) is 0.0333. The molecule has 1 fully saturated rings. The number of hydrogen-bond donors (Lipinski definition) is 1. The molecule has 0 saturated carbocycles. The summed E-state index contributed by atoms with van der Waals surface area (Å²) in [6.07, 6.45) is 2.56. The van der Waals surface area contributed by atoms with Crippen molar-refractivity contribution in [3.63, 3.8) is 0 Å². The van der Waals surface area contributed by atoms with E-state index in [0.29, 0.717) is 13.0 Å². The minimum atomic E-state index is -0.350. The van der Waals surface area contributed by atoms with E-state index in [2.05, 4.69) is 10.1 Å². The van der Waals surface area contributed by atoms with Gasteiger partial charge in [0.05, 0.1) is 12.1 Å². The third-order valence-corrected chi connectivity index (χ3v) is 4.90. The number of piperidine rings is 1.